The van der Waals surface area contributed by atoms with Crippen molar-refractivity contribution in [3.8, 4) is 0 Å². The highest BCUT2D eigenvalue weighted by Gasteiger charge is 2.16. The van der Waals surface area contributed by atoms with Crippen LogP contribution in [-0.4, -0.2) is 24.4 Å². The van der Waals surface area contributed by atoms with Crippen molar-refractivity contribution in [1.82, 2.24) is 10.6 Å². The van der Waals surface area contributed by atoms with E-state index in [0.29, 0.717) is 10.9 Å². The maximum Gasteiger partial charge on any atom is 0.261 e. The molecule has 98 valence electrons. The van der Waals surface area contributed by atoms with Crippen LogP contribution in [0.4, 0.5) is 0 Å². The molecule has 1 aliphatic rings. The van der Waals surface area contributed by atoms with Gasteiger partial charge in [0.15, 0.2) is 0 Å². The first-order chi connectivity index (χ1) is 8.75. The fourth-order valence-electron chi connectivity index (χ4n) is 2.18. The van der Waals surface area contributed by atoms with Crippen LogP contribution in [0.1, 0.15) is 41.8 Å². The molecule has 0 saturated heterocycles. The first kappa shape index (κ1) is 13.1. The van der Waals surface area contributed by atoms with E-state index in [1.54, 1.807) is 6.07 Å². The van der Waals surface area contributed by atoms with E-state index in [1.807, 2.05) is 11.4 Å². The van der Waals surface area contributed by atoms with Crippen LogP contribution in [0, 0.1) is 0 Å². The van der Waals surface area contributed by atoms with E-state index in [-0.39, 0.29) is 18.4 Å². The zero-order valence-corrected chi connectivity index (χ0v) is 11.1. The lowest BCUT2D eigenvalue weighted by atomic mass is 9.95. The number of rotatable bonds is 4. The lowest BCUT2D eigenvalue weighted by Crippen LogP contribution is -2.42. The van der Waals surface area contributed by atoms with E-state index >= 15 is 0 Å². The van der Waals surface area contributed by atoms with Gasteiger partial charge in [0, 0.05) is 6.04 Å². The van der Waals surface area contributed by atoms with Gasteiger partial charge in [-0.1, -0.05) is 25.3 Å². The molecule has 0 bridgehead atoms. The Hall–Kier alpha value is -1.36. The minimum Gasteiger partial charge on any atom is -0.352 e. The zero-order valence-electron chi connectivity index (χ0n) is 10.3. The third-order valence-electron chi connectivity index (χ3n) is 3.12. The van der Waals surface area contributed by atoms with Gasteiger partial charge in [-0.05, 0) is 24.3 Å². The molecule has 0 unspecified atom stereocenters. The van der Waals surface area contributed by atoms with Gasteiger partial charge in [-0.25, -0.2) is 0 Å². The van der Waals surface area contributed by atoms with E-state index < -0.39 is 0 Å². The molecule has 18 heavy (non-hydrogen) atoms. The van der Waals surface area contributed by atoms with Crippen molar-refractivity contribution in [2.24, 2.45) is 0 Å². The summed E-state index contributed by atoms with van der Waals surface area (Å²) in [6.45, 7) is 0.0627. The fraction of sp³-hybridized carbons (Fsp3) is 0.538. The van der Waals surface area contributed by atoms with Crippen molar-refractivity contribution in [2.45, 2.75) is 38.1 Å². The summed E-state index contributed by atoms with van der Waals surface area (Å²) in [5.74, 6) is -0.268. The molecular formula is C13H18N2O2S. The maximum absolute atomic E-state index is 11.7. The summed E-state index contributed by atoms with van der Waals surface area (Å²) in [6.07, 6.45) is 5.76. The highest BCUT2D eigenvalue weighted by atomic mass is 32.1. The number of hydrogen-bond donors (Lipinski definition) is 2. The second kappa shape index (κ2) is 6.54. The molecule has 2 amide bonds. The first-order valence-electron chi connectivity index (χ1n) is 6.37. The van der Waals surface area contributed by atoms with Crippen molar-refractivity contribution in [3.05, 3.63) is 22.4 Å². The number of thiophene rings is 1. The Morgan fingerprint density at radius 3 is 2.72 bits per heavy atom. The lowest BCUT2D eigenvalue weighted by molar-refractivity contribution is -0.121. The van der Waals surface area contributed by atoms with Crippen LogP contribution in [0.25, 0.3) is 0 Å². The van der Waals surface area contributed by atoms with Gasteiger partial charge in [-0.15, -0.1) is 11.3 Å². The zero-order chi connectivity index (χ0) is 12.8. The Morgan fingerprint density at radius 1 is 1.28 bits per heavy atom. The second-order valence-electron chi connectivity index (χ2n) is 4.56. The topological polar surface area (TPSA) is 58.2 Å². The summed E-state index contributed by atoms with van der Waals surface area (Å²) in [7, 11) is 0. The van der Waals surface area contributed by atoms with Gasteiger partial charge in [0.2, 0.25) is 5.91 Å². The summed E-state index contributed by atoms with van der Waals surface area (Å²) in [5.41, 5.74) is 0. The summed E-state index contributed by atoms with van der Waals surface area (Å²) >= 11 is 1.37. The summed E-state index contributed by atoms with van der Waals surface area (Å²) in [6, 6.07) is 3.87. The van der Waals surface area contributed by atoms with Gasteiger partial charge in [-0.2, -0.15) is 0 Å². The third-order valence-corrected chi connectivity index (χ3v) is 3.99. The van der Waals surface area contributed by atoms with Gasteiger partial charge in [0.1, 0.15) is 0 Å². The van der Waals surface area contributed by atoms with Crippen LogP contribution < -0.4 is 10.6 Å². The maximum atomic E-state index is 11.7. The van der Waals surface area contributed by atoms with Crippen LogP contribution in [0.5, 0.6) is 0 Å². The molecule has 4 nitrogen and oxygen atoms in total. The molecule has 1 aromatic heterocycles. The van der Waals surface area contributed by atoms with E-state index in [0.717, 1.165) is 12.8 Å². The molecule has 2 rings (SSSR count). The average Bonchev–Trinajstić information content (AvgIpc) is 2.91. The molecule has 0 aromatic carbocycles. The second-order valence-corrected chi connectivity index (χ2v) is 5.51. The number of amides is 2. The fourth-order valence-corrected chi connectivity index (χ4v) is 2.82. The van der Waals surface area contributed by atoms with E-state index in [9.17, 15) is 9.59 Å². The summed E-state index contributed by atoms with van der Waals surface area (Å²) in [5, 5.41) is 7.45. The van der Waals surface area contributed by atoms with Crippen molar-refractivity contribution in [1.29, 1.82) is 0 Å². The minimum absolute atomic E-state index is 0.0627. The average molecular weight is 266 g/mol. The van der Waals surface area contributed by atoms with Crippen LogP contribution in [0.2, 0.25) is 0 Å². The van der Waals surface area contributed by atoms with Crippen molar-refractivity contribution < 1.29 is 9.59 Å². The molecule has 0 atom stereocenters. The molecule has 5 heteroatoms. The molecule has 0 spiro atoms. The molecule has 1 heterocycles. The number of hydrogen-bond acceptors (Lipinski definition) is 3. The Morgan fingerprint density at radius 2 is 2.06 bits per heavy atom. The van der Waals surface area contributed by atoms with Gasteiger partial charge < -0.3 is 10.6 Å². The SMILES string of the molecule is O=C(CNC(=O)c1cccs1)NC1CCCCC1. The Bertz CT molecular complexity index is 397. The molecule has 1 aliphatic carbocycles. The Kier molecular flexibility index (Phi) is 4.75. The number of nitrogens with one attached hydrogen (secondary N) is 2. The molecule has 1 aromatic rings. The normalized spacial score (nSPS) is 16.2. The van der Waals surface area contributed by atoms with Crippen LogP contribution >= 0.6 is 11.3 Å². The Labute approximate surface area is 111 Å². The van der Waals surface area contributed by atoms with Crippen molar-refractivity contribution in [2.75, 3.05) is 6.54 Å². The van der Waals surface area contributed by atoms with Gasteiger partial charge >= 0.3 is 0 Å². The number of carbonyl (C=O) groups excluding carboxylic acids is 2. The van der Waals surface area contributed by atoms with Gasteiger partial charge in [0.25, 0.3) is 5.91 Å². The Balaban J connectivity index is 1.69. The number of carbonyl (C=O) groups is 2. The molecule has 0 aliphatic heterocycles. The van der Waals surface area contributed by atoms with Crippen LogP contribution in [0.15, 0.2) is 17.5 Å². The molecule has 2 N–H and O–H groups in total. The quantitative estimate of drug-likeness (QED) is 0.875. The summed E-state index contributed by atoms with van der Waals surface area (Å²) in [4.78, 5) is 23.9. The molecular weight excluding hydrogens is 248 g/mol. The van der Waals surface area contributed by atoms with Crippen molar-refractivity contribution >= 4 is 23.2 Å². The summed E-state index contributed by atoms with van der Waals surface area (Å²) < 4.78 is 0. The molecule has 1 fully saturated rings. The van der Waals surface area contributed by atoms with Crippen molar-refractivity contribution in [3.63, 3.8) is 0 Å². The highest BCUT2D eigenvalue weighted by Crippen LogP contribution is 2.17. The highest BCUT2D eigenvalue weighted by molar-refractivity contribution is 7.12. The largest absolute Gasteiger partial charge is 0.352 e. The van der Waals surface area contributed by atoms with Gasteiger partial charge in [-0.3, -0.25) is 9.59 Å². The van der Waals surface area contributed by atoms with Crippen LogP contribution in [0.3, 0.4) is 0 Å². The molecule has 1 saturated carbocycles. The monoisotopic (exact) mass is 266 g/mol. The predicted octanol–water partition coefficient (Wildman–Crippen LogP) is 1.93. The van der Waals surface area contributed by atoms with E-state index in [2.05, 4.69) is 10.6 Å². The standard InChI is InChI=1S/C13H18N2O2S/c16-12(15-10-5-2-1-3-6-10)9-14-13(17)11-7-4-8-18-11/h4,7-8,10H,1-3,5-6,9H2,(H,14,17)(H,15,16). The predicted molar refractivity (Wildman–Crippen MR) is 71.7 cm³/mol. The smallest absolute Gasteiger partial charge is 0.261 e. The molecule has 0 radical (unpaired) electrons. The lowest BCUT2D eigenvalue weighted by Gasteiger charge is -2.22. The first-order valence-corrected chi connectivity index (χ1v) is 7.25. The minimum atomic E-state index is -0.177. The van der Waals surface area contributed by atoms with E-state index in [4.69, 9.17) is 0 Å². The van der Waals surface area contributed by atoms with Crippen LogP contribution in [-0.2, 0) is 4.79 Å². The third kappa shape index (κ3) is 3.84. The van der Waals surface area contributed by atoms with Gasteiger partial charge in [0.05, 0.1) is 11.4 Å². The van der Waals surface area contributed by atoms with E-state index in [1.165, 1.54) is 30.6 Å².